The van der Waals surface area contributed by atoms with Gasteiger partial charge in [0.15, 0.2) is 0 Å². The van der Waals surface area contributed by atoms with E-state index in [4.69, 9.17) is 4.74 Å². The van der Waals surface area contributed by atoms with Gasteiger partial charge in [-0.1, -0.05) is 12.1 Å². The van der Waals surface area contributed by atoms with E-state index >= 15 is 0 Å². The number of piperidine rings is 1. The fourth-order valence-corrected chi connectivity index (χ4v) is 2.87. The molecule has 122 valence electrons. The van der Waals surface area contributed by atoms with Crippen LogP contribution in [0.4, 0.5) is 4.79 Å². The first-order chi connectivity index (χ1) is 10.5. The molecular weight excluding hydrogens is 280 g/mol. The minimum absolute atomic E-state index is 0.0759. The summed E-state index contributed by atoms with van der Waals surface area (Å²) in [5, 5.41) is 12.7. The third-order valence-electron chi connectivity index (χ3n) is 4.30. The fourth-order valence-electron chi connectivity index (χ4n) is 2.87. The molecule has 0 saturated carbocycles. The zero-order valence-electron chi connectivity index (χ0n) is 13.6. The molecule has 0 spiro atoms. The second-order valence-corrected chi connectivity index (χ2v) is 6.06. The van der Waals surface area contributed by atoms with Crippen molar-refractivity contribution in [1.82, 2.24) is 10.2 Å². The second-order valence-electron chi connectivity index (χ2n) is 6.06. The number of rotatable bonds is 4. The fraction of sp³-hybridized carbons (Fsp3) is 0.588. The van der Waals surface area contributed by atoms with Crippen LogP contribution in [0.3, 0.4) is 0 Å². The lowest BCUT2D eigenvalue weighted by molar-refractivity contribution is 0.0738. The Hall–Kier alpha value is -1.75. The van der Waals surface area contributed by atoms with Crippen LogP contribution in [0, 0.1) is 12.8 Å². The monoisotopic (exact) mass is 306 g/mol. The molecular formula is C17H26N2O3. The smallest absolute Gasteiger partial charge is 0.317 e. The molecule has 22 heavy (non-hydrogen) atoms. The molecule has 2 N–H and O–H groups in total. The molecule has 0 aliphatic carbocycles. The minimum atomic E-state index is -0.368. The topological polar surface area (TPSA) is 61.8 Å². The van der Waals surface area contributed by atoms with Crippen molar-refractivity contribution in [2.75, 3.05) is 20.2 Å². The summed E-state index contributed by atoms with van der Waals surface area (Å²) in [6.07, 6.45) is 1.55. The van der Waals surface area contributed by atoms with Gasteiger partial charge in [-0.05, 0) is 38.3 Å². The number of aryl methyl sites for hydroxylation is 1. The van der Waals surface area contributed by atoms with Crippen LogP contribution in [0.2, 0.25) is 0 Å². The maximum Gasteiger partial charge on any atom is 0.317 e. The number of carbonyl (C=O) groups is 1. The average Bonchev–Trinajstić information content (AvgIpc) is 2.53. The van der Waals surface area contributed by atoms with Crippen LogP contribution >= 0.6 is 0 Å². The Bertz CT molecular complexity index is 517. The van der Waals surface area contributed by atoms with E-state index in [1.165, 1.54) is 0 Å². The third-order valence-corrected chi connectivity index (χ3v) is 4.30. The van der Waals surface area contributed by atoms with Gasteiger partial charge in [0.1, 0.15) is 5.75 Å². The molecule has 2 unspecified atom stereocenters. The van der Waals surface area contributed by atoms with Gasteiger partial charge in [0.2, 0.25) is 0 Å². The van der Waals surface area contributed by atoms with E-state index in [2.05, 4.69) is 5.32 Å². The molecule has 1 fully saturated rings. The highest BCUT2D eigenvalue weighted by atomic mass is 16.5. The van der Waals surface area contributed by atoms with E-state index in [0.717, 1.165) is 36.3 Å². The van der Waals surface area contributed by atoms with E-state index in [0.29, 0.717) is 13.1 Å². The molecule has 1 saturated heterocycles. The number of benzene rings is 1. The summed E-state index contributed by atoms with van der Waals surface area (Å²) in [4.78, 5) is 14.1. The van der Waals surface area contributed by atoms with Gasteiger partial charge in [-0.15, -0.1) is 0 Å². The second kappa shape index (κ2) is 7.49. The van der Waals surface area contributed by atoms with Crippen molar-refractivity contribution in [3.63, 3.8) is 0 Å². The maximum atomic E-state index is 12.3. The zero-order valence-corrected chi connectivity index (χ0v) is 13.6. The molecule has 1 aliphatic rings. The summed E-state index contributed by atoms with van der Waals surface area (Å²) < 4.78 is 5.35. The number of ether oxygens (including phenoxy) is 1. The van der Waals surface area contributed by atoms with E-state index in [-0.39, 0.29) is 18.1 Å². The van der Waals surface area contributed by atoms with E-state index < -0.39 is 0 Å². The quantitative estimate of drug-likeness (QED) is 0.897. The summed E-state index contributed by atoms with van der Waals surface area (Å²) in [5.74, 6) is 0.967. The van der Waals surface area contributed by atoms with Gasteiger partial charge in [-0.3, -0.25) is 0 Å². The first-order valence-electron chi connectivity index (χ1n) is 7.85. The number of hydrogen-bond donors (Lipinski definition) is 2. The SMILES string of the molecule is COc1cc(C)ccc1CNC(=O)N1CCCC(C(C)O)C1. The number of likely N-dealkylation sites (tertiary alicyclic amines) is 1. The normalized spacial score (nSPS) is 19.6. The summed E-state index contributed by atoms with van der Waals surface area (Å²) in [6.45, 7) is 5.62. The predicted molar refractivity (Wildman–Crippen MR) is 85.9 cm³/mol. The number of nitrogens with one attached hydrogen (secondary N) is 1. The zero-order chi connectivity index (χ0) is 16.1. The number of carbonyl (C=O) groups excluding carboxylic acids is 1. The lowest BCUT2D eigenvalue weighted by Gasteiger charge is -2.34. The Labute approximate surface area is 132 Å². The Balaban J connectivity index is 1.92. The van der Waals surface area contributed by atoms with Gasteiger partial charge in [0.25, 0.3) is 0 Å². The molecule has 5 heteroatoms. The molecule has 2 atom stereocenters. The number of aliphatic hydroxyl groups is 1. The van der Waals surface area contributed by atoms with Crippen LogP contribution in [0.25, 0.3) is 0 Å². The number of aliphatic hydroxyl groups excluding tert-OH is 1. The molecule has 1 heterocycles. The molecule has 1 aliphatic heterocycles. The molecule has 0 bridgehead atoms. The molecule has 2 rings (SSSR count). The summed E-state index contributed by atoms with van der Waals surface area (Å²) >= 11 is 0. The molecule has 0 radical (unpaired) electrons. The van der Waals surface area contributed by atoms with Crippen molar-refractivity contribution in [2.24, 2.45) is 5.92 Å². The van der Waals surface area contributed by atoms with Gasteiger partial charge < -0.3 is 20.1 Å². The molecule has 0 aromatic heterocycles. The Morgan fingerprint density at radius 3 is 3.00 bits per heavy atom. The van der Waals surface area contributed by atoms with Crippen LogP contribution in [0.15, 0.2) is 18.2 Å². The lowest BCUT2D eigenvalue weighted by atomic mass is 9.94. The van der Waals surface area contributed by atoms with E-state index in [9.17, 15) is 9.90 Å². The highest BCUT2D eigenvalue weighted by molar-refractivity contribution is 5.74. The van der Waals surface area contributed by atoms with Gasteiger partial charge in [0, 0.05) is 31.1 Å². The van der Waals surface area contributed by atoms with E-state index in [1.54, 1.807) is 18.9 Å². The van der Waals surface area contributed by atoms with Gasteiger partial charge in [-0.25, -0.2) is 4.79 Å². The van der Waals surface area contributed by atoms with Crippen molar-refractivity contribution in [3.8, 4) is 5.75 Å². The van der Waals surface area contributed by atoms with Gasteiger partial charge in [-0.2, -0.15) is 0 Å². The highest BCUT2D eigenvalue weighted by Crippen LogP contribution is 2.21. The van der Waals surface area contributed by atoms with Crippen molar-refractivity contribution in [1.29, 1.82) is 0 Å². The molecule has 5 nitrogen and oxygen atoms in total. The van der Waals surface area contributed by atoms with E-state index in [1.807, 2.05) is 25.1 Å². The van der Waals surface area contributed by atoms with Crippen molar-refractivity contribution in [3.05, 3.63) is 29.3 Å². The first-order valence-corrected chi connectivity index (χ1v) is 7.85. The standard InChI is InChI=1S/C17H26N2O3/c1-12-6-7-14(16(9-12)22-3)10-18-17(21)19-8-4-5-15(11-19)13(2)20/h6-7,9,13,15,20H,4-5,8,10-11H2,1-3H3,(H,18,21). The average molecular weight is 306 g/mol. The van der Waals surface area contributed by atoms with Crippen molar-refractivity contribution < 1.29 is 14.6 Å². The Morgan fingerprint density at radius 1 is 1.55 bits per heavy atom. The number of methoxy groups -OCH3 is 1. The summed E-state index contributed by atoms with van der Waals surface area (Å²) in [7, 11) is 1.64. The largest absolute Gasteiger partial charge is 0.496 e. The number of hydrogen-bond acceptors (Lipinski definition) is 3. The number of urea groups is 1. The van der Waals surface area contributed by atoms with Crippen LogP contribution in [0.1, 0.15) is 30.9 Å². The third kappa shape index (κ3) is 4.13. The van der Waals surface area contributed by atoms with Crippen molar-refractivity contribution >= 4 is 6.03 Å². The molecule has 1 aromatic rings. The molecule has 1 aromatic carbocycles. The van der Waals surface area contributed by atoms with Crippen LogP contribution in [-0.2, 0) is 6.54 Å². The summed E-state index contributed by atoms with van der Waals surface area (Å²) in [6, 6.07) is 5.87. The number of amides is 2. The maximum absolute atomic E-state index is 12.3. The van der Waals surface area contributed by atoms with Crippen LogP contribution in [-0.4, -0.2) is 42.3 Å². The van der Waals surface area contributed by atoms with Crippen LogP contribution < -0.4 is 10.1 Å². The van der Waals surface area contributed by atoms with Crippen molar-refractivity contribution in [2.45, 2.75) is 39.3 Å². The number of nitrogens with zero attached hydrogens (tertiary/aromatic N) is 1. The lowest BCUT2D eigenvalue weighted by Crippen LogP contribution is -2.47. The Kier molecular flexibility index (Phi) is 5.66. The molecule has 2 amide bonds. The Morgan fingerprint density at radius 2 is 2.32 bits per heavy atom. The predicted octanol–water partition coefficient (Wildman–Crippen LogP) is 2.31. The van der Waals surface area contributed by atoms with Gasteiger partial charge in [0.05, 0.1) is 13.2 Å². The highest BCUT2D eigenvalue weighted by Gasteiger charge is 2.26. The summed E-state index contributed by atoms with van der Waals surface area (Å²) in [5.41, 5.74) is 2.09. The van der Waals surface area contributed by atoms with Crippen LogP contribution in [0.5, 0.6) is 5.75 Å². The van der Waals surface area contributed by atoms with Gasteiger partial charge >= 0.3 is 6.03 Å². The first kappa shape index (κ1) is 16.6. The minimum Gasteiger partial charge on any atom is -0.496 e.